The lowest BCUT2D eigenvalue weighted by Crippen LogP contribution is -1.97. The molecule has 0 spiro atoms. The van der Waals surface area contributed by atoms with Crippen LogP contribution in [-0.4, -0.2) is 0 Å². The van der Waals surface area contributed by atoms with Crippen LogP contribution in [0.2, 0.25) is 0 Å². The smallest absolute Gasteiger partial charge is 0.119 e. The van der Waals surface area contributed by atoms with E-state index in [1.165, 1.54) is 37.0 Å². The zero-order chi connectivity index (χ0) is 21.5. The summed E-state index contributed by atoms with van der Waals surface area (Å²) in [6.45, 7) is 2.80. The molecule has 0 heterocycles. The van der Waals surface area contributed by atoms with Gasteiger partial charge in [0.25, 0.3) is 0 Å². The number of halogens is 1. The molecule has 0 fully saturated rings. The Balaban J connectivity index is 1.70. The van der Waals surface area contributed by atoms with E-state index in [1.54, 1.807) is 0 Å². The summed E-state index contributed by atoms with van der Waals surface area (Å²) in [5, 5.41) is 0. The molecule has 154 valence electrons. The minimum absolute atomic E-state index is 0.574. The summed E-state index contributed by atoms with van der Waals surface area (Å²) >= 11 is 2.36. The Labute approximate surface area is 198 Å². The monoisotopic (exact) mass is 516 g/mol. The van der Waals surface area contributed by atoms with Gasteiger partial charge in [-0.2, -0.15) is 0 Å². The third kappa shape index (κ3) is 5.45. The summed E-state index contributed by atoms with van der Waals surface area (Å²) in [7, 11) is 0. The van der Waals surface area contributed by atoms with Crippen LogP contribution in [0.15, 0.2) is 109 Å². The number of ether oxygens (including phenoxy) is 1. The zero-order valence-corrected chi connectivity index (χ0v) is 19.8. The molecule has 0 radical (unpaired) electrons. The van der Waals surface area contributed by atoms with Crippen molar-refractivity contribution in [2.75, 3.05) is 0 Å². The van der Waals surface area contributed by atoms with E-state index in [2.05, 4.69) is 121 Å². The van der Waals surface area contributed by atoms with Crippen molar-refractivity contribution in [1.29, 1.82) is 0 Å². The van der Waals surface area contributed by atoms with Gasteiger partial charge in [0.15, 0.2) is 0 Å². The van der Waals surface area contributed by atoms with Gasteiger partial charge in [0.05, 0.1) is 0 Å². The highest BCUT2D eigenvalue weighted by atomic mass is 127. The summed E-state index contributed by atoms with van der Waals surface area (Å²) in [4.78, 5) is 0. The lowest BCUT2D eigenvalue weighted by Gasteiger charge is -2.17. The second-order valence-electron chi connectivity index (χ2n) is 7.38. The van der Waals surface area contributed by atoms with E-state index in [9.17, 15) is 0 Å². The van der Waals surface area contributed by atoms with Gasteiger partial charge in [-0.15, -0.1) is 0 Å². The standard InChI is InChI=1S/C29H25IO/c1-2-28(23-11-7-4-8-12-23)29(24-13-17-26(30)18-14-24)25-15-19-27(20-16-25)31-21-22-9-5-3-6-10-22/h3-20H,2,21H2,1H3. The van der Waals surface area contributed by atoms with Gasteiger partial charge in [-0.3, -0.25) is 0 Å². The number of allylic oxidation sites excluding steroid dienone is 1. The summed E-state index contributed by atoms with van der Waals surface area (Å²) in [6.07, 6.45) is 0.956. The van der Waals surface area contributed by atoms with Gasteiger partial charge in [-0.25, -0.2) is 0 Å². The lowest BCUT2D eigenvalue weighted by atomic mass is 9.88. The van der Waals surface area contributed by atoms with Crippen molar-refractivity contribution in [3.63, 3.8) is 0 Å². The average molecular weight is 516 g/mol. The van der Waals surface area contributed by atoms with E-state index < -0.39 is 0 Å². The van der Waals surface area contributed by atoms with E-state index in [1.807, 2.05) is 18.2 Å². The van der Waals surface area contributed by atoms with Crippen LogP contribution in [-0.2, 0) is 6.61 Å². The topological polar surface area (TPSA) is 9.23 Å². The van der Waals surface area contributed by atoms with Crippen LogP contribution in [0.4, 0.5) is 0 Å². The molecule has 0 atom stereocenters. The molecule has 0 aliphatic carbocycles. The Hall–Kier alpha value is -2.85. The fourth-order valence-electron chi connectivity index (χ4n) is 3.75. The van der Waals surface area contributed by atoms with Crippen LogP contribution < -0.4 is 4.74 Å². The van der Waals surface area contributed by atoms with E-state index in [0.29, 0.717) is 6.61 Å². The van der Waals surface area contributed by atoms with Crippen LogP contribution in [0.5, 0.6) is 5.75 Å². The van der Waals surface area contributed by atoms with Crippen molar-refractivity contribution in [2.45, 2.75) is 20.0 Å². The molecule has 2 heteroatoms. The molecular weight excluding hydrogens is 491 g/mol. The Morgan fingerprint density at radius 2 is 1.19 bits per heavy atom. The van der Waals surface area contributed by atoms with Crippen LogP contribution in [0, 0.1) is 3.57 Å². The molecule has 0 amide bonds. The van der Waals surface area contributed by atoms with Crippen LogP contribution in [0.1, 0.15) is 35.6 Å². The Morgan fingerprint density at radius 3 is 1.77 bits per heavy atom. The second kappa shape index (κ2) is 10.5. The number of benzene rings is 4. The van der Waals surface area contributed by atoms with Gasteiger partial charge in [-0.1, -0.05) is 91.9 Å². The maximum Gasteiger partial charge on any atom is 0.119 e. The lowest BCUT2D eigenvalue weighted by molar-refractivity contribution is 0.306. The van der Waals surface area contributed by atoms with Crippen LogP contribution in [0.3, 0.4) is 0 Å². The maximum absolute atomic E-state index is 6.00. The molecule has 0 aromatic heterocycles. The van der Waals surface area contributed by atoms with Crippen molar-refractivity contribution >= 4 is 33.7 Å². The quantitative estimate of drug-likeness (QED) is 0.178. The molecule has 0 aliphatic heterocycles. The first-order valence-electron chi connectivity index (χ1n) is 10.6. The molecule has 0 saturated heterocycles. The molecule has 1 nitrogen and oxygen atoms in total. The van der Waals surface area contributed by atoms with E-state index in [4.69, 9.17) is 4.74 Å². The largest absolute Gasteiger partial charge is 0.489 e. The third-order valence-corrected chi connectivity index (χ3v) is 6.02. The van der Waals surface area contributed by atoms with Crippen LogP contribution >= 0.6 is 22.6 Å². The van der Waals surface area contributed by atoms with Gasteiger partial charge in [0, 0.05) is 3.57 Å². The normalized spacial score (nSPS) is 11.7. The Kier molecular flexibility index (Phi) is 7.21. The molecule has 31 heavy (non-hydrogen) atoms. The van der Waals surface area contributed by atoms with Gasteiger partial charge >= 0.3 is 0 Å². The number of rotatable bonds is 7. The minimum Gasteiger partial charge on any atom is -0.489 e. The first kappa shape index (κ1) is 21.4. The van der Waals surface area contributed by atoms with Crippen molar-refractivity contribution in [3.05, 3.63) is 135 Å². The number of hydrogen-bond donors (Lipinski definition) is 0. The first-order valence-corrected chi connectivity index (χ1v) is 11.6. The first-order chi connectivity index (χ1) is 15.2. The van der Waals surface area contributed by atoms with Crippen molar-refractivity contribution in [1.82, 2.24) is 0 Å². The average Bonchev–Trinajstić information content (AvgIpc) is 2.84. The van der Waals surface area contributed by atoms with Gasteiger partial charge in [0.2, 0.25) is 0 Å². The fraction of sp³-hybridized carbons (Fsp3) is 0.103. The molecule has 4 aromatic carbocycles. The highest BCUT2D eigenvalue weighted by Gasteiger charge is 2.13. The molecule has 4 aromatic rings. The molecule has 0 saturated carbocycles. The summed E-state index contributed by atoms with van der Waals surface area (Å²) in [6, 6.07) is 38.2. The summed E-state index contributed by atoms with van der Waals surface area (Å²) in [5.41, 5.74) is 7.50. The van der Waals surface area contributed by atoms with E-state index >= 15 is 0 Å². The van der Waals surface area contributed by atoms with Crippen LogP contribution in [0.25, 0.3) is 11.1 Å². The van der Waals surface area contributed by atoms with E-state index in [0.717, 1.165) is 12.2 Å². The van der Waals surface area contributed by atoms with Crippen molar-refractivity contribution < 1.29 is 4.74 Å². The molecule has 0 bridgehead atoms. The molecule has 0 aliphatic rings. The van der Waals surface area contributed by atoms with Crippen molar-refractivity contribution in [3.8, 4) is 5.75 Å². The SMILES string of the molecule is CCC(=C(c1ccc(I)cc1)c1ccc(OCc2ccccc2)cc1)c1ccccc1. The highest BCUT2D eigenvalue weighted by Crippen LogP contribution is 2.35. The molecule has 4 rings (SSSR count). The van der Waals surface area contributed by atoms with Gasteiger partial charge in [0.1, 0.15) is 12.4 Å². The Morgan fingerprint density at radius 1 is 0.645 bits per heavy atom. The maximum atomic E-state index is 6.00. The molecule has 0 N–H and O–H groups in total. The number of hydrogen-bond acceptors (Lipinski definition) is 1. The predicted octanol–water partition coefficient (Wildman–Crippen LogP) is 8.24. The summed E-state index contributed by atoms with van der Waals surface area (Å²) in [5.74, 6) is 0.882. The van der Waals surface area contributed by atoms with Crippen molar-refractivity contribution in [2.24, 2.45) is 0 Å². The van der Waals surface area contributed by atoms with E-state index in [-0.39, 0.29) is 0 Å². The summed E-state index contributed by atoms with van der Waals surface area (Å²) < 4.78 is 7.24. The van der Waals surface area contributed by atoms with Gasteiger partial charge in [-0.05, 0) is 86.7 Å². The van der Waals surface area contributed by atoms with Gasteiger partial charge < -0.3 is 4.74 Å². The fourth-order valence-corrected chi connectivity index (χ4v) is 4.11. The highest BCUT2D eigenvalue weighted by molar-refractivity contribution is 14.1. The minimum atomic E-state index is 0.574. The molecular formula is C29H25IO. The Bertz CT molecular complexity index is 1130. The second-order valence-corrected chi connectivity index (χ2v) is 8.62. The predicted molar refractivity (Wildman–Crippen MR) is 139 cm³/mol. The third-order valence-electron chi connectivity index (χ3n) is 5.30. The molecule has 0 unspecified atom stereocenters. The zero-order valence-electron chi connectivity index (χ0n) is 17.6.